The first kappa shape index (κ1) is 17.9. The van der Waals surface area contributed by atoms with Gasteiger partial charge in [0, 0.05) is 23.5 Å². The molecule has 0 unspecified atom stereocenters. The molecule has 3 aromatic rings. The van der Waals surface area contributed by atoms with Gasteiger partial charge in [-0.05, 0) is 49.0 Å². The van der Waals surface area contributed by atoms with Gasteiger partial charge in [0.2, 0.25) is 0 Å². The second-order valence-corrected chi connectivity index (χ2v) is 7.16. The topological polar surface area (TPSA) is 25.4 Å². The Bertz CT molecular complexity index is 822. The van der Waals surface area contributed by atoms with Crippen LogP contribution in [0.5, 0.6) is 5.75 Å². The first-order valence-electron chi connectivity index (χ1n) is 7.83. The van der Waals surface area contributed by atoms with Crippen molar-refractivity contribution in [1.82, 2.24) is 9.88 Å². The Balaban J connectivity index is 1.51. The lowest BCUT2D eigenvalue weighted by Crippen LogP contribution is -2.17. The highest BCUT2D eigenvalue weighted by molar-refractivity contribution is 7.09. The Morgan fingerprint density at radius 3 is 2.72 bits per heavy atom. The number of benzene rings is 2. The van der Waals surface area contributed by atoms with Gasteiger partial charge in [0.15, 0.2) is 0 Å². The van der Waals surface area contributed by atoms with E-state index in [1.54, 1.807) is 23.5 Å². The molecule has 3 rings (SSSR count). The summed E-state index contributed by atoms with van der Waals surface area (Å²) >= 11 is 7.59. The molecule has 0 fully saturated rings. The van der Waals surface area contributed by atoms with Gasteiger partial charge in [-0.1, -0.05) is 23.7 Å². The van der Waals surface area contributed by atoms with E-state index in [1.807, 2.05) is 23.6 Å². The Kier molecular flexibility index (Phi) is 6.02. The number of aromatic nitrogens is 1. The lowest BCUT2D eigenvalue weighted by Gasteiger charge is -2.15. The fourth-order valence-corrected chi connectivity index (χ4v) is 3.35. The van der Waals surface area contributed by atoms with Crippen LogP contribution in [-0.4, -0.2) is 16.9 Å². The van der Waals surface area contributed by atoms with Crippen LogP contribution >= 0.6 is 22.9 Å². The third-order valence-electron chi connectivity index (χ3n) is 3.55. The summed E-state index contributed by atoms with van der Waals surface area (Å²) in [5.74, 6) is 0.364. The Hall–Kier alpha value is -1.95. The third kappa shape index (κ3) is 5.53. The van der Waals surface area contributed by atoms with Crippen molar-refractivity contribution in [1.29, 1.82) is 0 Å². The molecular formula is C19H18ClFN2OS. The maximum absolute atomic E-state index is 12.9. The van der Waals surface area contributed by atoms with Gasteiger partial charge < -0.3 is 4.74 Å². The monoisotopic (exact) mass is 376 g/mol. The molecule has 1 heterocycles. The number of hydrogen-bond donors (Lipinski definition) is 0. The highest BCUT2D eigenvalue weighted by Crippen LogP contribution is 2.18. The molecule has 0 atom stereocenters. The predicted molar refractivity (Wildman–Crippen MR) is 99.5 cm³/mol. The minimum atomic E-state index is -0.272. The summed E-state index contributed by atoms with van der Waals surface area (Å²) in [6.45, 7) is 1.94. The van der Waals surface area contributed by atoms with E-state index >= 15 is 0 Å². The molecule has 0 saturated heterocycles. The fraction of sp³-hybridized carbons (Fsp3) is 0.211. The molecule has 0 spiro atoms. The van der Waals surface area contributed by atoms with Crippen LogP contribution < -0.4 is 4.74 Å². The van der Waals surface area contributed by atoms with Crippen molar-refractivity contribution < 1.29 is 9.13 Å². The van der Waals surface area contributed by atoms with Crippen LogP contribution in [-0.2, 0) is 19.7 Å². The molecule has 25 heavy (non-hydrogen) atoms. The van der Waals surface area contributed by atoms with E-state index in [4.69, 9.17) is 16.3 Å². The van der Waals surface area contributed by atoms with Gasteiger partial charge in [-0.15, -0.1) is 11.3 Å². The van der Waals surface area contributed by atoms with Gasteiger partial charge in [-0.3, -0.25) is 4.90 Å². The van der Waals surface area contributed by atoms with E-state index < -0.39 is 0 Å². The lowest BCUT2D eigenvalue weighted by atomic mass is 10.2. The molecule has 0 radical (unpaired) electrons. The van der Waals surface area contributed by atoms with E-state index in [-0.39, 0.29) is 5.82 Å². The highest BCUT2D eigenvalue weighted by atomic mass is 35.5. The molecule has 6 heteroatoms. The van der Waals surface area contributed by atoms with Crippen LogP contribution in [0.2, 0.25) is 5.02 Å². The minimum Gasteiger partial charge on any atom is -0.486 e. The molecule has 0 N–H and O–H groups in total. The van der Waals surface area contributed by atoms with Gasteiger partial charge >= 0.3 is 0 Å². The summed E-state index contributed by atoms with van der Waals surface area (Å²) < 4.78 is 18.5. The number of ether oxygens (including phenoxy) is 1. The van der Waals surface area contributed by atoms with Gasteiger partial charge in [-0.25, -0.2) is 9.37 Å². The summed E-state index contributed by atoms with van der Waals surface area (Å²) in [5.41, 5.74) is 2.18. The Labute approximate surface area is 155 Å². The Morgan fingerprint density at radius 1 is 1.16 bits per heavy atom. The van der Waals surface area contributed by atoms with Gasteiger partial charge in [-0.2, -0.15) is 0 Å². The highest BCUT2D eigenvalue weighted by Gasteiger charge is 2.07. The largest absolute Gasteiger partial charge is 0.486 e. The van der Waals surface area contributed by atoms with Crippen LogP contribution in [0.15, 0.2) is 53.9 Å². The lowest BCUT2D eigenvalue weighted by molar-refractivity contribution is 0.300. The Morgan fingerprint density at radius 2 is 1.96 bits per heavy atom. The number of thiazole rings is 1. The van der Waals surface area contributed by atoms with E-state index in [2.05, 4.69) is 23.0 Å². The number of halogens is 2. The summed E-state index contributed by atoms with van der Waals surface area (Å²) in [6, 6.07) is 13.9. The second kappa shape index (κ2) is 8.43. The van der Waals surface area contributed by atoms with E-state index in [0.29, 0.717) is 12.4 Å². The molecular weight excluding hydrogens is 359 g/mol. The van der Waals surface area contributed by atoms with Crippen molar-refractivity contribution in [2.75, 3.05) is 7.05 Å². The zero-order valence-corrected chi connectivity index (χ0v) is 15.4. The maximum atomic E-state index is 12.9. The summed E-state index contributed by atoms with van der Waals surface area (Å²) in [5, 5.41) is 3.69. The van der Waals surface area contributed by atoms with Crippen molar-refractivity contribution in [2.24, 2.45) is 0 Å². The molecule has 130 valence electrons. The SMILES string of the molecule is CN(Cc1cccc(Cl)c1)Cc1csc(COc2ccc(F)cc2)n1. The van der Waals surface area contributed by atoms with Crippen LogP contribution in [0.4, 0.5) is 4.39 Å². The molecule has 0 saturated carbocycles. The van der Waals surface area contributed by atoms with Crippen molar-refractivity contribution in [3.8, 4) is 5.75 Å². The van der Waals surface area contributed by atoms with Crippen LogP contribution in [0, 0.1) is 5.82 Å². The second-order valence-electron chi connectivity index (χ2n) is 5.78. The number of nitrogens with zero attached hydrogens (tertiary/aromatic N) is 2. The average Bonchev–Trinajstić information content (AvgIpc) is 3.01. The predicted octanol–water partition coefficient (Wildman–Crippen LogP) is 5.15. The van der Waals surface area contributed by atoms with Crippen molar-refractivity contribution >= 4 is 22.9 Å². The molecule has 3 nitrogen and oxygen atoms in total. The summed E-state index contributed by atoms with van der Waals surface area (Å²) in [7, 11) is 2.05. The number of rotatable bonds is 7. The molecule has 0 amide bonds. The summed E-state index contributed by atoms with van der Waals surface area (Å²) in [6.07, 6.45) is 0. The number of hydrogen-bond acceptors (Lipinski definition) is 4. The van der Waals surface area contributed by atoms with Crippen LogP contribution in [0.25, 0.3) is 0 Å². The molecule has 0 aliphatic rings. The quantitative estimate of drug-likeness (QED) is 0.570. The van der Waals surface area contributed by atoms with Gasteiger partial charge in [0.25, 0.3) is 0 Å². The van der Waals surface area contributed by atoms with E-state index in [1.165, 1.54) is 17.7 Å². The van der Waals surface area contributed by atoms with Crippen LogP contribution in [0.3, 0.4) is 0 Å². The zero-order valence-electron chi connectivity index (χ0n) is 13.8. The van der Waals surface area contributed by atoms with E-state index in [0.717, 1.165) is 28.8 Å². The molecule has 0 aliphatic carbocycles. The first-order valence-corrected chi connectivity index (χ1v) is 9.09. The van der Waals surface area contributed by atoms with Crippen LogP contribution in [0.1, 0.15) is 16.3 Å². The van der Waals surface area contributed by atoms with Gasteiger partial charge in [0.05, 0.1) is 5.69 Å². The van der Waals surface area contributed by atoms with Crippen molar-refractivity contribution in [3.05, 3.63) is 81.0 Å². The third-order valence-corrected chi connectivity index (χ3v) is 4.65. The summed E-state index contributed by atoms with van der Waals surface area (Å²) in [4.78, 5) is 6.78. The first-order chi connectivity index (χ1) is 12.1. The molecule has 0 bridgehead atoms. The zero-order chi connectivity index (χ0) is 17.6. The average molecular weight is 377 g/mol. The van der Waals surface area contributed by atoms with E-state index in [9.17, 15) is 4.39 Å². The fourth-order valence-electron chi connectivity index (χ4n) is 2.44. The molecule has 2 aromatic carbocycles. The molecule has 0 aliphatic heterocycles. The molecule has 1 aromatic heterocycles. The van der Waals surface area contributed by atoms with Crippen molar-refractivity contribution in [3.63, 3.8) is 0 Å². The normalized spacial score (nSPS) is 11.0. The van der Waals surface area contributed by atoms with Crippen molar-refractivity contribution in [2.45, 2.75) is 19.7 Å². The van der Waals surface area contributed by atoms with Gasteiger partial charge in [0.1, 0.15) is 23.2 Å². The standard InChI is InChI=1S/C19H18ClFN2OS/c1-23(10-14-3-2-4-15(20)9-14)11-17-13-25-19(22-17)12-24-18-7-5-16(21)6-8-18/h2-9,13H,10-12H2,1H3. The smallest absolute Gasteiger partial charge is 0.140 e. The maximum Gasteiger partial charge on any atom is 0.140 e. The minimum absolute atomic E-state index is 0.272.